The third kappa shape index (κ3) is 3.53. The van der Waals surface area contributed by atoms with Crippen molar-refractivity contribution in [1.82, 2.24) is 4.31 Å². The molecule has 1 aliphatic rings. The topological polar surface area (TPSA) is 71.5 Å². The van der Waals surface area contributed by atoms with Crippen LogP contribution in [0.1, 0.15) is 25.3 Å². The largest absolute Gasteiger partial charge is 0.243 e. The summed E-state index contributed by atoms with van der Waals surface area (Å²) < 4.78 is 51.7. The summed E-state index contributed by atoms with van der Waals surface area (Å²) in [5.74, 6) is 0.310. The summed E-state index contributed by atoms with van der Waals surface area (Å²) in [7, 11) is -7.26. The number of sulfonamides is 1. The first-order valence-electron chi connectivity index (χ1n) is 8.22. The summed E-state index contributed by atoms with van der Waals surface area (Å²) >= 11 is 5.79. The lowest BCUT2D eigenvalue weighted by molar-refractivity contribution is 0.309. The second-order valence-electron chi connectivity index (χ2n) is 6.67. The third-order valence-corrected chi connectivity index (χ3v) is 8.78. The van der Waals surface area contributed by atoms with Crippen LogP contribution in [0.2, 0.25) is 5.02 Å². The molecule has 1 heterocycles. The zero-order valence-corrected chi connectivity index (χ0v) is 16.9. The highest BCUT2D eigenvalue weighted by Gasteiger charge is 2.44. The molecule has 140 valence electrons. The predicted octanol–water partition coefficient (Wildman–Crippen LogP) is 3.31. The molecule has 2 aromatic carbocycles. The molecule has 2 aromatic rings. The van der Waals surface area contributed by atoms with Gasteiger partial charge in [0.05, 0.1) is 15.0 Å². The van der Waals surface area contributed by atoms with Gasteiger partial charge in [0.15, 0.2) is 9.84 Å². The molecular formula is C18H20ClNO4S2. The molecule has 0 spiro atoms. The average Bonchev–Trinajstić information content (AvgIpc) is 2.53. The Labute approximate surface area is 159 Å². The van der Waals surface area contributed by atoms with Gasteiger partial charge in [0, 0.05) is 18.1 Å². The third-order valence-electron chi connectivity index (χ3n) is 4.58. The molecule has 1 fully saturated rings. The van der Waals surface area contributed by atoms with Crippen LogP contribution in [0, 0.1) is 0 Å². The number of rotatable bonds is 5. The van der Waals surface area contributed by atoms with Crippen molar-refractivity contribution in [2.24, 2.45) is 0 Å². The van der Waals surface area contributed by atoms with Gasteiger partial charge in [-0.05, 0) is 47.9 Å². The second kappa shape index (κ2) is 6.96. The van der Waals surface area contributed by atoms with E-state index in [1.165, 1.54) is 28.6 Å². The molecule has 1 aliphatic heterocycles. The zero-order chi connectivity index (χ0) is 19.1. The molecule has 1 saturated heterocycles. The SMILES string of the molecule is CC(C)c1ccc(S(=O)(=O)N2CC(S(=O)(=O)c3ccc(Cl)cc3)C2)cc1. The van der Waals surface area contributed by atoms with Crippen LogP contribution in [0.15, 0.2) is 58.3 Å². The van der Waals surface area contributed by atoms with Gasteiger partial charge in [-0.25, -0.2) is 16.8 Å². The van der Waals surface area contributed by atoms with Gasteiger partial charge in [0.2, 0.25) is 10.0 Å². The van der Waals surface area contributed by atoms with E-state index in [0.717, 1.165) is 5.56 Å². The van der Waals surface area contributed by atoms with Gasteiger partial charge in [-0.2, -0.15) is 4.31 Å². The summed E-state index contributed by atoms with van der Waals surface area (Å²) in [6, 6.07) is 12.6. The van der Waals surface area contributed by atoms with Crippen LogP contribution in [0.25, 0.3) is 0 Å². The summed E-state index contributed by atoms with van der Waals surface area (Å²) in [4.78, 5) is 0.342. The Morgan fingerprint density at radius 1 is 0.885 bits per heavy atom. The Balaban J connectivity index is 1.75. The predicted molar refractivity (Wildman–Crippen MR) is 102 cm³/mol. The second-order valence-corrected chi connectivity index (χ2v) is 11.3. The van der Waals surface area contributed by atoms with E-state index in [0.29, 0.717) is 10.9 Å². The standard InChI is InChI=1S/C18H20ClNO4S2/c1-13(2)14-3-7-17(8-4-14)26(23,24)20-11-18(12-20)25(21,22)16-9-5-15(19)6-10-16/h3-10,13,18H,11-12H2,1-2H3. The van der Waals surface area contributed by atoms with Crippen molar-refractivity contribution in [2.75, 3.05) is 13.1 Å². The van der Waals surface area contributed by atoms with E-state index in [2.05, 4.69) is 0 Å². The summed E-state index contributed by atoms with van der Waals surface area (Å²) in [6.45, 7) is 3.98. The molecule has 5 nitrogen and oxygen atoms in total. The van der Waals surface area contributed by atoms with Crippen LogP contribution < -0.4 is 0 Å². The lowest BCUT2D eigenvalue weighted by Crippen LogP contribution is -2.56. The molecule has 0 N–H and O–H groups in total. The fourth-order valence-electron chi connectivity index (χ4n) is 2.78. The Bertz CT molecular complexity index is 992. The number of hydrogen-bond donors (Lipinski definition) is 0. The smallest absolute Gasteiger partial charge is 0.223 e. The maximum Gasteiger partial charge on any atom is 0.243 e. The van der Waals surface area contributed by atoms with Gasteiger partial charge in [-0.1, -0.05) is 37.6 Å². The van der Waals surface area contributed by atoms with Crippen molar-refractivity contribution >= 4 is 31.5 Å². The zero-order valence-electron chi connectivity index (χ0n) is 14.5. The molecule has 3 rings (SSSR count). The van der Waals surface area contributed by atoms with Crippen molar-refractivity contribution in [2.45, 2.75) is 34.8 Å². The van der Waals surface area contributed by atoms with Crippen molar-refractivity contribution in [1.29, 1.82) is 0 Å². The maximum atomic E-state index is 12.7. The molecule has 0 amide bonds. The average molecular weight is 414 g/mol. The van der Waals surface area contributed by atoms with E-state index >= 15 is 0 Å². The molecule has 0 atom stereocenters. The van der Waals surface area contributed by atoms with Crippen LogP contribution in [0.5, 0.6) is 0 Å². The summed E-state index contributed by atoms with van der Waals surface area (Å²) in [5, 5.41) is -0.292. The highest BCUT2D eigenvalue weighted by molar-refractivity contribution is 7.92. The van der Waals surface area contributed by atoms with Gasteiger partial charge in [0.25, 0.3) is 0 Å². The van der Waals surface area contributed by atoms with E-state index in [-0.39, 0.29) is 22.9 Å². The van der Waals surface area contributed by atoms with E-state index in [1.807, 2.05) is 13.8 Å². The maximum absolute atomic E-state index is 12.7. The van der Waals surface area contributed by atoms with Gasteiger partial charge in [-0.15, -0.1) is 0 Å². The highest BCUT2D eigenvalue weighted by atomic mass is 35.5. The van der Waals surface area contributed by atoms with Gasteiger partial charge >= 0.3 is 0 Å². The van der Waals surface area contributed by atoms with E-state index < -0.39 is 25.1 Å². The van der Waals surface area contributed by atoms with Crippen molar-refractivity contribution in [3.05, 3.63) is 59.1 Å². The summed E-state index contributed by atoms with van der Waals surface area (Å²) in [5.41, 5.74) is 1.05. The van der Waals surface area contributed by atoms with E-state index in [4.69, 9.17) is 11.6 Å². The molecule has 0 bridgehead atoms. The fourth-order valence-corrected chi connectivity index (χ4v) is 6.28. The van der Waals surface area contributed by atoms with Crippen LogP contribution in [0.3, 0.4) is 0 Å². The van der Waals surface area contributed by atoms with Gasteiger partial charge < -0.3 is 0 Å². The molecule has 0 unspecified atom stereocenters. The van der Waals surface area contributed by atoms with E-state index in [9.17, 15) is 16.8 Å². The minimum atomic E-state index is -3.68. The highest BCUT2D eigenvalue weighted by Crippen LogP contribution is 2.29. The number of sulfone groups is 1. The minimum absolute atomic E-state index is 0.0424. The Hall–Kier alpha value is -1.41. The van der Waals surface area contributed by atoms with E-state index in [1.54, 1.807) is 24.3 Å². The van der Waals surface area contributed by atoms with Crippen molar-refractivity contribution < 1.29 is 16.8 Å². The number of benzene rings is 2. The van der Waals surface area contributed by atoms with Gasteiger partial charge in [-0.3, -0.25) is 0 Å². The lowest BCUT2D eigenvalue weighted by Gasteiger charge is -2.37. The number of nitrogens with zero attached hydrogens (tertiary/aromatic N) is 1. The lowest BCUT2D eigenvalue weighted by atomic mass is 10.0. The fraction of sp³-hybridized carbons (Fsp3) is 0.333. The molecule has 0 aromatic heterocycles. The quantitative estimate of drug-likeness (QED) is 0.753. The monoisotopic (exact) mass is 413 g/mol. The normalized spacial score (nSPS) is 16.6. The Kier molecular flexibility index (Phi) is 5.18. The molecule has 0 radical (unpaired) electrons. The van der Waals surface area contributed by atoms with Crippen LogP contribution in [-0.4, -0.2) is 39.5 Å². The minimum Gasteiger partial charge on any atom is -0.223 e. The van der Waals surface area contributed by atoms with Gasteiger partial charge in [0.1, 0.15) is 0 Å². The first-order valence-corrected chi connectivity index (χ1v) is 11.6. The molecule has 26 heavy (non-hydrogen) atoms. The van der Waals surface area contributed by atoms with Crippen LogP contribution in [-0.2, 0) is 19.9 Å². The molecule has 8 heteroatoms. The Morgan fingerprint density at radius 2 is 1.38 bits per heavy atom. The van der Waals surface area contributed by atoms with Crippen molar-refractivity contribution in [3.8, 4) is 0 Å². The first kappa shape index (κ1) is 19.4. The van der Waals surface area contributed by atoms with Crippen LogP contribution >= 0.6 is 11.6 Å². The van der Waals surface area contributed by atoms with Crippen LogP contribution in [0.4, 0.5) is 0 Å². The van der Waals surface area contributed by atoms with Crippen molar-refractivity contribution in [3.63, 3.8) is 0 Å². The number of halogens is 1. The number of hydrogen-bond acceptors (Lipinski definition) is 4. The molecular weight excluding hydrogens is 394 g/mol. The summed E-state index contributed by atoms with van der Waals surface area (Å²) in [6.07, 6.45) is 0. The Morgan fingerprint density at radius 3 is 1.88 bits per heavy atom. The molecule has 0 saturated carbocycles. The first-order chi connectivity index (χ1) is 12.1. The molecule has 0 aliphatic carbocycles.